The van der Waals surface area contributed by atoms with E-state index in [2.05, 4.69) is 21.2 Å². The van der Waals surface area contributed by atoms with Crippen LogP contribution < -0.4 is 5.32 Å². The summed E-state index contributed by atoms with van der Waals surface area (Å²) in [6.45, 7) is -0.452. The van der Waals surface area contributed by atoms with Gasteiger partial charge in [-0.25, -0.2) is 4.79 Å². The lowest BCUT2D eigenvalue weighted by atomic mass is 10.2. The number of hydrogen-bond acceptors (Lipinski definition) is 5. The highest BCUT2D eigenvalue weighted by molar-refractivity contribution is 9.10. The van der Waals surface area contributed by atoms with E-state index in [-0.39, 0.29) is 5.69 Å². The number of carbonyl (C=O) groups excluding carboxylic acids is 2. The van der Waals surface area contributed by atoms with Crippen molar-refractivity contribution in [1.82, 2.24) is 0 Å². The molecule has 2 rings (SSSR count). The van der Waals surface area contributed by atoms with Crippen LogP contribution in [0.2, 0.25) is 0 Å². The molecule has 8 heteroatoms. The van der Waals surface area contributed by atoms with Gasteiger partial charge in [0.15, 0.2) is 6.61 Å². The minimum Gasteiger partial charge on any atom is -0.452 e. The summed E-state index contributed by atoms with van der Waals surface area (Å²) in [5.41, 5.74) is 0.626. The van der Waals surface area contributed by atoms with Crippen LogP contribution in [-0.4, -0.2) is 23.4 Å². The average molecular weight is 379 g/mol. The van der Waals surface area contributed by atoms with Gasteiger partial charge in [-0.15, -0.1) is 0 Å². The van der Waals surface area contributed by atoms with E-state index in [1.807, 2.05) is 0 Å². The summed E-state index contributed by atoms with van der Waals surface area (Å²) in [5.74, 6) is -1.15. The number of hydrogen-bond donors (Lipinski definition) is 1. The van der Waals surface area contributed by atoms with Gasteiger partial charge in [0.05, 0.1) is 10.5 Å². The lowest BCUT2D eigenvalue weighted by molar-refractivity contribution is -0.384. The Morgan fingerprint density at radius 1 is 1.09 bits per heavy atom. The number of amides is 1. The second-order valence-corrected chi connectivity index (χ2v) is 5.35. The van der Waals surface area contributed by atoms with Gasteiger partial charge in [0.25, 0.3) is 11.6 Å². The van der Waals surface area contributed by atoms with E-state index in [1.54, 1.807) is 24.3 Å². The first-order valence-electron chi connectivity index (χ1n) is 6.43. The molecule has 0 heterocycles. The first-order chi connectivity index (χ1) is 11.0. The Morgan fingerprint density at radius 2 is 1.70 bits per heavy atom. The van der Waals surface area contributed by atoms with Crippen LogP contribution in [-0.2, 0) is 9.53 Å². The number of non-ortho nitro benzene ring substituents is 1. The van der Waals surface area contributed by atoms with Crippen molar-refractivity contribution >= 4 is 39.2 Å². The quantitative estimate of drug-likeness (QED) is 0.489. The van der Waals surface area contributed by atoms with Gasteiger partial charge < -0.3 is 10.1 Å². The Morgan fingerprint density at radius 3 is 2.26 bits per heavy atom. The minimum atomic E-state index is -0.614. The molecule has 0 aromatic heterocycles. The molecule has 0 bridgehead atoms. The molecule has 2 aromatic rings. The summed E-state index contributed by atoms with van der Waals surface area (Å²) >= 11 is 3.25. The van der Waals surface area contributed by atoms with Crippen LogP contribution >= 0.6 is 15.9 Å². The molecule has 0 radical (unpaired) electrons. The van der Waals surface area contributed by atoms with Crippen molar-refractivity contribution in [1.29, 1.82) is 0 Å². The molecule has 23 heavy (non-hydrogen) atoms. The molecule has 2 aromatic carbocycles. The van der Waals surface area contributed by atoms with Crippen LogP contribution in [0.5, 0.6) is 0 Å². The van der Waals surface area contributed by atoms with Crippen LogP contribution in [0.3, 0.4) is 0 Å². The third kappa shape index (κ3) is 4.89. The molecule has 118 valence electrons. The van der Waals surface area contributed by atoms with Gasteiger partial charge in [-0.1, -0.05) is 15.9 Å². The number of halogens is 1. The van der Waals surface area contributed by atoms with Gasteiger partial charge in [-0.3, -0.25) is 14.9 Å². The van der Waals surface area contributed by atoms with Crippen molar-refractivity contribution in [3.63, 3.8) is 0 Å². The Kier molecular flexibility index (Phi) is 5.42. The molecule has 0 aliphatic heterocycles. The molecule has 7 nitrogen and oxygen atoms in total. The number of ether oxygens (including phenoxy) is 1. The topological polar surface area (TPSA) is 98.5 Å². The highest BCUT2D eigenvalue weighted by atomic mass is 79.9. The number of nitro groups is 1. The molecular weight excluding hydrogens is 368 g/mol. The fourth-order valence-corrected chi connectivity index (χ4v) is 1.93. The Balaban J connectivity index is 1.86. The van der Waals surface area contributed by atoms with Crippen molar-refractivity contribution in [2.45, 2.75) is 0 Å². The van der Waals surface area contributed by atoms with Crippen LogP contribution in [0, 0.1) is 10.1 Å². The van der Waals surface area contributed by atoms with Crippen molar-refractivity contribution in [3.8, 4) is 0 Å². The van der Waals surface area contributed by atoms with Crippen LogP contribution in [0.1, 0.15) is 10.4 Å². The Hall–Kier alpha value is -2.74. The van der Waals surface area contributed by atoms with E-state index in [0.29, 0.717) is 11.3 Å². The molecular formula is C15H11BrN2O5. The second-order valence-electron chi connectivity index (χ2n) is 4.44. The van der Waals surface area contributed by atoms with E-state index in [9.17, 15) is 19.7 Å². The van der Waals surface area contributed by atoms with Crippen LogP contribution in [0.25, 0.3) is 0 Å². The van der Waals surface area contributed by atoms with Gasteiger partial charge in [0.1, 0.15) is 0 Å². The van der Waals surface area contributed by atoms with Gasteiger partial charge in [-0.05, 0) is 36.4 Å². The summed E-state index contributed by atoms with van der Waals surface area (Å²) in [7, 11) is 0. The fraction of sp³-hybridized carbons (Fsp3) is 0.0667. The molecule has 1 N–H and O–H groups in total. The van der Waals surface area contributed by atoms with E-state index in [0.717, 1.165) is 4.47 Å². The number of carbonyl (C=O) groups is 2. The average Bonchev–Trinajstić information content (AvgIpc) is 2.54. The smallest absolute Gasteiger partial charge is 0.338 e. The normalized spacial score (nSPS) is 9.96. The van der Waals surface area contributed by atoms with E-state index in [4.69, 9.17) is 4.74 Å². The molecule has 0 fully saturated rings. The summed E-state index contributed by atoms with van der Waals surface area (Å²) in [4.78, 5) is 33.4. The standard InChI is InChI=1S/C15H11BrN2O5/c16-11-3-1-10(2-4-11)15(20)23-9-14(19)17-12-5-7-13(8-6-12)18(21)22/h1-8H,9H2,(H,17,19). The minimum absolute atomic E-state index is 0.0790. The van der Waals surface area contributed by atoms with Crippen molar-refractivity contribution < 1.29 is 19.2 Å². The number of rotatable bonds is 5. The molecule has 0 unspecified atom stereocenters. The second kappa shape index (κ2) is 7.50. The van der Waals surface area contributed by atoms with Crippen molar-refractivity contribution in [2.75, 3.05) is 11.9 Å². The highest BCUT2D eigenvalue weighted by Crippen LogP contribution is 2.15. The molecule has 0 aliphatic rings. The number of nitrogens with one attached hydrogen (secondary N) is 1. The monoisotopic (exact) mass is 378 g/mol. The third-order valence-corrected chi connectivity index (χ3v) is 3.30. The first kappa shape index (κ1) is 16.6. The predicted octanol–water partition coefficient (Wildman–Crippen LogP) is 3.15. The number of anilines is 1. The van der Waals surface area contributed by atoms with E-state index < -0.39 is 23.4 Å². The zero-order valence-electron chi connectivity index (χ0n) is 11.7. The lowest BCUT2D eigenvalue weighted by Crippen LogP contribution is -2.20. The van der Waals surface area contributed by atoms with Crippen LogP contribution in [0.4, 0.5) is 11.4 Å². The van der Waals surface area contributed by atoms with E-state index in [1.165, 1.54) is 24.3 Å². The summed E-state index contributed by atoms with van der Waals surface area (Å²) in [6.07, 6.45) is 0. The summed E-state index contributed by atoms with van der Waals surface area (Å²) in [5, 5.41) is 13.0. The SMILES string of the molecule is O=C(COC(=O)c1ccc(Br)cc1)Nc1ccc([N+](=O)[O-])cc1. The van der Waals surface area contributed by atoms with E-state index >= 15 is 0 Å². The molecule has 0 spiro atoms. The lowest BCUT2D eigenvalue weighted by Gasteiger charge is -2.06. The number of esters is 1. The molecule has 1 amide bonds. The maximum atomic E-state index is 11.7. The van der Waals surface area contributed by atoms with Crippen molar-refractivity contribution in [3.05, 3.63) is 68.7 Å². The fourth-order valence-electron chi connectivity index (χ4n) is 1.66. The summed E-state index contributed by atoms with van der Waals surface area (Å²) in [6, 6.07) is 11.8. The van der Waals surface area contributed by atoms with Crippen molar-refractivity contribution in [2.24, 2.45) is 0 Å². The third-order valence-electron chi connectivity index (χ3n) is 2.78. The summed E-state index contributed by atoms with van der Waals surface area (Å²) < 4.78 is 5.71. The molecule has 0 saturated carbocycles. The Labute approximate surface area is 139 Å². The maximum Gasteiger partial charge on any atom is 0.338 e. The van der Waals surface area contributed by atoms with Gasteiger partial charge >= 0.3 is 5.97 Å². The Bertz CT molecular complexity index is 729. The number of benzene rings is 2. The van der Waals surface area contributed by atoms with Gasteiger partial charge in [0.2, 0.25) is 0 Å². The zero-order chi connectivity index (χ0) is 16.8. The van der Waals surface area contributed by atoms with Gasteiger partial charge in [-0.2, -0.15) is 0 Å². The zero-order valence-corrected chi connectivity index (χ0v) is 13.3. The molecule has 0 saturated heterocycles. The van der Waals surface area contributed by atoms with Gasteiger partial charge in [0, 0.05) is 22.3 Å². The molecule has 0 aliphatic carbocycles. The number of nitro benzene ring substituents is 1. The highest BCUT2D eigenvalue weighted by Gasteiger charge is 2.11. The maximum absolute atomic E-state index is 11.7. The largest absolute Gasteiger partial charge is 0.452 e. The first-order valence-corrected chi connectivity index (χ1v) is 7.22. The molecule has 0 atom stereocenters. The van der Waals surface area contributed by atoms with Crippen LogP contribution in [0.15, 0.2) is 53.0 Å². The number of nitrogens with zero attached hydrogens (tertiary/aromatic N) is 1. The predicted molar refractivity (Wildman–Crippen MR) is 86.2 cm³/mol.